The minimum atomic E-state index is -0.0976. The molecule has 6 heteroatoms. The number of anilines is 1. The highest BCUT2D eigenvalue weighted by Gasteiger charge is 2.03. The molecule has 138 valence electrons. The predicted octanol–water partition coefficient (Wildman–Crippen LogP) is 4.52. The summed E-state index contributed by atoms with van der Waals surface area (Å²) in [7, 11) is 3.98. The van der Waals surface area contributed by atoms with Crippen molar-refractivity contribution in [3.8, 4) is 0 Å². The molecule has 0 saturated carbocycles. The van der Waals surface area contributed by atoms with E-state index in [4.69, 9.17) is 0 Å². The van der Waals surface area contributed by atoms with Crippen LogP contribution in [-0.4, -0.2) is 32.0 Å². The minimum Gasteiger partial charge on any atom is -0.377 e. The molecule has 4 nitrogen and oxygen atoms in total. The standard InChI is InChI=1S/C20H24BrN3OS/c1-14-7-15(2)9-17(8-14)12-26-13-20(25)23-22-11-16-5-6-19(24(3)4)18(21)10-16/h5-11H,12-13H2,1-4H3,(H,23,25)/b22-11-. The Bertz CT molecular complexity index is 785. The highest BCUT2D eigenvalue weighted by Crippen LogP contribution is 2.25. The number of carbonyl (C=O) groups is 1. The highest BCUT2D eigenvalue weighted by molar-refractivity contribution is 9.10. The summed E-state index contributed by atoms with van der Waals surface area (Å²) in [5.74, 6) is 1.10. The molecule has 2 aromatic rings. The lowest BCUT2D eigenvalue weighted by molar-refractivity contribution is -0.118. The largest absolute Gasteiger partial charge is 0.377 e. The van der Waals surface area contributed by atoms with E-state index in [0.29, 0.717) is 5.75 Å². The van der Waals surface area contributed by atoms with Gasteiger partial charge in [-0.25, -0.2) is 5.43 Å². The monoisotopic (exact) mass is 433 g/mol. The van der Waals surface area contributed by atoms with Gasteiger partial charge in [-0.2, -0.15) is 5.10 Å². The number of halogens is 1. The average Bonchev–Trinajstić information content (AvgIpc) is 2.53. The van der Waals surface area contributed by atoms with Gasteiger partial charge >= 0.3 is 0 Å². The molecule has 2 rings (SSSR count). The molecule has 0 fully saturated rings. The number of benzene rings is 2. The first-order valence-corrected chi connectivity index (χ1v) is 10.2. The van der Waals surface area contributed by atoms with E-state index in [9.17, 15) is 4.79 Å². The Morgan fingerprint density at radius 2 is 1.88 bits per heavy atom. The normalized spacial score (nSPS) is 11.0. The van der Waals surface area contributed by atoms with Crippen LogP contribution in [0.5, 0.6) is 0 Å². The SMILES string of the molecule is Cc1cc(C)cc(CSCC(=O)N/N=C\c2ccc(N(C)C)c(Br)c2)c1. The van der Waals surface area contributed by atoms with Crippen molar-refractivity contribution in [2.75, 3.05) is 24.7 Å². The quantitative estimate of drug-likeness (QED) is 0.515. The van der Waals surface area contributed by atoms with Crippen LogP contribution in [0.15, 0.2) is 46.0 Å². The number of amides is 1. The number of rotatable bonds is 7. The third kappa shape index (κ3) is 6.50. The van der Waals surface area contributed by atoms with E-state index in [0.717, 1.165) is 21.5 Å². The molecule has 0 aliphatic rings. The first-order chi connectivity index (χ1) is 12.3. The van der Waals surface area contributed by atoms with Crippen LogP contribution >= 0.6 is 27.7 Å². The second-order valence-electron chi connectivity index (χ2n) is 6.39. The van der Waals surface area contributed by atoms with Gasteiger partial charge in [0.15, 0.2) is 0 Å². The fourth-order valence-corrected chi connectivity index (χ4v) is 4.10. The zero-order valence-electron chi connectivity index (χ0n) is 15.5. The second-order valence-corrected chi connectivity index (χ2v) is 8.23. The molecule has 0 aliphatic carbocycles. The van der Waals surface area contributed by atoms with Gasteiger partial charge in [-0.3, -0.25) is 4.79 Å². The Labute approximate surface area is 168 Å². The van der Waals surface area contributed by atoms with E-state index < -0.39 is 0 Å². The smallest absolute Gasteiger partial charge is 0.250 e. The lowest BCUT2D eigenvalue weighted by atomic mass is 10.1. The summed E-state index contributed by atoms with van der Waals surface area (Å²) in [6.07, 6.45) is 1.65. The van der Waals surface area contributed by atoms with Crippen LogP contribution in [0.1, 0.15) is 22.3 Å². The summed E-state index contributed by atoms with van der Waals surface area (Å²) in [5.41, 5.74) is 8.34. The third-order valence-corrected chi connectivity index (χ3v) is 5.28. The topological polar surface area (TPSA) is 44.7 Å². The number of nitrogens with zero attached hydrogens (tertiary/aromatic N) is 2. The van der Waals surface area contributed by atoms with Gasteiger partial charge in [-0.05, 0) is 53.0 Å². The number of hydrogen-bond donors (Lipinski definition) is 1. The first kappa shape index (κ1) is 20.5. The number of hydrazone groups is 1. The van der Waals surface area contributed by atoms with E-state index >= 15 is 0 Å². The fourth-order valence-electron chi connectivity index (χ4n) is 2.59. The molecule has 0 unspecified atom stereocenters. The summed E-state index contributed by atoms with van der Waals surface area (Å²) in [6.45, 7) is 4.18. The van der Waals surface area contributed by atoms with Crippen molar-refractivity contribution in [2.45, 2.75) is 19.6 Å². The molecule has 1 N–H and O–H groups in total. The number of hydrogen-bond acceptors (Lipinski definition) is 4. The minimum absolute atomic E-state index is 0.0976. The lowest BCUT2D eigenvalue weighted by Crippen LogP contribution is -2.19. The van der Waals surface area contributed by atoms with E-state index in [2.05, 4.69) is 58.5 Å². The Kier molecular flexibility index (Phi) is 7.72. The van der Waals surface area contributed by atoms with Crippen LogP contribution in [-0.2, 0) is 10.5 Å². The summed E-state index contributed by atoms with van der Waals surface area (Å²) in [6, 6.07) is 12.4. The van der Waals surface area contributed by atoms with Gasteiger partial charge in [-0.1, -0.05) is 35.4 Å². The van der Waals surface area contributed by atoms with Crippen molar-refractivity contribution in [3.05, 3.63) is 63.1 Å². The molecule has 1 amide bonds. The molecule has 0 spiro atoms. The molecule has 0 aromatic heterocycles. The molecule has 0 bridgehead atoms. The van der Waals surface area contributed by atoms with E-state index in [1.165, 1.54) is 16.7 Å². The molecule has 26 heavy (non-hydrogen) atoms. The summed E-state index contributed by atoms with van der Waals surface area (Å²) >= 11 is 5.13. The van der Waals surface area contributed by atoms with Gasteiger partial charge in [0.1, 0.15) is 0 Å². The Morgan fingerprint density at radius 1 is 1.19 bits per heavy atom. The summed E-state index contributed by atoms with van der Waals surface area (Å²) in [5, 5.41) is 4.04. The van der Waals surface area contributed by atoms with Gasteiger partial charge in [0, 0.05) is 24.3 Å². The molecule has 0 heterocycles. The number of nitrogens with one attached hydrogen (secondary N) is 1. The zero-order valence-corrected chi connectivity index (χ0v) is 17.9. The third-order valence-electron chi connectivity index (χ3n) is 3.64. The maximum Gasteiger partial charge on any atom is 0.250 e. The van der Waals surface area contributed by atoms with Crippen LogP contribution in [0.3, 0.4) is 0 Å². The van der Waals surface area contributed by atoms with Crippen molar-refractivity contribution >= 4 is 45.5 Å². The molecule has 0 atom stereocenters. The molecule has 2 aromatic carbocycles. The van der Waals surface area contributed by atoms with Gasteiger partial charge < -0.3 is 4.90 Å². The van der Waals surface area contributed by atoms with Crippen molar-refractivity contribution in [1.29, 1.82) is 0 Å². The Balaban J connectivity index is 1.79. The van der Waals surface area contributed by atoms with Crippen LogP contribution in [0, 0.1) is 13.8 Å². The second kappa shape index (κ2) is 9.78. The molecule has 0 radical (unpaired) electrons. The maximum absolute atomic E-state index is 11.9. The van der Waals surface area contributed by atoms with E-state index in [-0.39, 0.29) is 5.91 Å². The van der Waals surface area contributed by atoms with Gasteiger partial charge in [0.05, 0.1) is 17.7 Å². The summed E-state index contributed by atoms with van der Waals surface area (Å²) < 4.78 is 0.988. The van der Waals surface area contributed by atoms with Crippen LogP contribution < -0.4 is 10.3 Å². The van der Waals surface area contributed by atoms with Gasteiger partial charge in [0.25, 0.3) is 0 Å². The van der Waals surface area contributed by atoms with E-state index in [1.807, 2.05) is 37.2 Å². The van der Waals surface area contributed by atoms with Crippen molar-refractivity contribution < 1.29 is 4.79 Å². The molecule has 0 saturated heterocycles. The number of aryl methyl sites for hydroxylation is 2. The average molecular weight is 434 g/mol. The Morgan fingerprint density at radius 3 is 2.50 bits per heavy atom. The van der Waals surface area contributed by atoms with Crippen LogP contribution in [0.2, 0.25) is 0 Å². The van der Waals surface area contributed by atoms with E-state index in [1.54, 1.807) is 18.0 Å². The van der Waals surface area contributed by atoms with Crippen molar-refractivity contribution in [3.63, 3.8) is 0 Å². The maximum atomic E-state index is 11.9. The summed E-state index contributed by atoms with van der Waals surface area (Å²) in [4.78, 5) is 13.9. The van der Waals surface area contributed by atoms with Gasteiger partial charge in [-0.15, -0.1) is 11.8 Å². The molecule has 0 aliphatic heterocycles. The molecular weight excluding hydrogens is 410 g/mol. The van der Waals surface area contributed by atoms with Crippen molar-refractivity contribution in [1.82, 2.24) is 5.43 Å². The van der Waals surface area contributed by atoms with Crippen LogP contribution in [0.25, 0.3) is 0 Å². The highest BCUT2D eigenvalue weighted by atomic mass is 79.9. The number of thioether (sulfide) groups is 1. The number of carbonyl (C=O) groups excluding carboxylic acids is 1. The van der Waals surface area contributed by atoms with Crippen LogP contribution in [0.4, 0.5) is 5.69 Å². The lowest BCUT2D eigenvalue weighted by Gasteiger charge is -2.14. The predicted molar refractivity (Wildman–Crippen MR) is 116 cm³/mol. The Hall–Kier alpha value is -1.79. The molecular formula is C20H24BrN3OS. The van der Waals surface area contributed by atoms with Crippen molar-refractivity contribution in [2.24, 2.45) is 5.10 Å². The fraction of sp³-hybridized carbons (Fsp3) is 0.300. The zero-order chi connectivity index (χ0) is 19.1. The van der Waals surface area contributed by atoms with Gasteiger partial charge in [0.2, 0.25) is 5.91 Å². The first-order valence-electron chi connectivity index (χ1n) is 8.29.